The number of nitrogens with one attached hydrogen (secondary N) is 1. The molecule has 0 aliphatic carbocycles. The van der Waals surface area contributed by atoms with Gasteiger partial charge in [0.15, 0.2) is 6.17 Å². The molecule has 7 nitrogen and oxygen atoms in total. The molecule has 1 fully saturated rings. The molecule has 0 unspecified atom stereocenters. The summed E-state index contributed by atoms with van der Waals surface area (Å²) < 4.78 is 25.0. The molecule has 1 saturated heterocycles. The van der Waals surface area contributed by atoms with E-state index in [1.807, 2.05) is 0 Å². The maximum absolute atomic E-state index is 14.0. The quantitative estimate of drug-likeness (QED) is 0.651. The van der Waals surface area contributed by atoms with Crippen LogP contribution in [0.2, 0.25) is 0 Å². The van der Waals surface area contributed by atoms with Gasteiger partial charge in [0.2, 0.25) is 5.88 Å². The first kappa shape index (κ1) is 21.0. The van der Waals surface area contributed by atoms with Crippen molar-refractivity contribution in [2.24, 2.45) is 11.7 Å². The largest absolute Gasteiger partial charge is 0.515 e. The topological polar surface area (TPSA) is 104 Å². The Kier molecular flexibility index (Phi) is 5.77. The van der Waals surface area contributed by atoms with Crippen LogP contribution in [0.3, 0.4) is 0 Å². The van der Waals surface area contributed by atoms with E-state index in [4.69, 9.17) is 38.7 Å². The van der Waals surface area contributed by atoms with E-state index in [0.29, 0.717) is 17.2 Å². The van der Waals surface area contributed by atoms with Crippen molar-refractivity contribution in [3.8, 4) is 11.6 Å². The van der Waals surface area contributed by atoms with Crippen LogP contribution in [0.4, 0.5) is 4.39 Å². The Morgan fingerprint density at radius 2 is 2.10 bits per heavy atom. The lowest BCUT2D eigenvalue weighted by Gasteiger charge is -2.25. The Morgan fingerprint density at radius 1 is 1.38 bits per heavy atom. The second-order valence-electron chi connectivity index (χ2n) is 6.91. The second-order valence-corrected chi connectivity index (χ2v) is 6.91. The van der Waals surface area contributed by atoms with Gasteiger partial charge in [-0.25, -0.2) is 9.37 Å². The van der Waals surface area contributed by atoms with Gasteiger partial charge in [-0.2, -0.15) is 0 Å². The number of amides is 2. The van der Waals surface area contributed by atoms with Crippen LogP contribution < -0.4 is 20.5 Å². The van der Waals surface area contributed by atoms with Crippen molar-refractivity contribution < 1.29 is 23.5 Å². The molecule has 1 aromatic carbocycles. The molecule has 1 aromatic heterocycles. The number of hydrogen-bond acceptors (Lipinski definition) is 5. The number of ether oxygens (including phenoxy) is 2. The summed E-state index contributed by atoms with van der Waals surface area (Å²) in [5.74, 6) is -1.77. The lowest BCUT2D eigenvalue weighted by molar-refractivity contribution is -0.123. The van der Waals surface area contributed by atoms with Crippen molar-refractivity contribution >= 4 is 46.1 Å². The second kappa shape index (κ2) is 7.97. The van der Waals surface area contributed by atoms with Gasteiger partial charge < -0.3 is 20.5 Å². The zero-order valence-corrected chi connectivity index (χ0v) is 15.7. The number of primary amides is 1. The third-order valence-electron chi connectivity index (χ3n) is 4.72. The predicted molar refractivity (Wildman–Crippen MR) is 107 cm³/mol. The van der Waals surface area contributed by atoms with Crippen LogP contribution in [0, 0.1) is 5.92 Å². The summed E-state index contributed by atoms with van der Waals surface area (Å²) in [5.41, 5.74) is 5.42. The van der Waals surface area contributed by atoms with Gasteiger partial charge in [-0.15, -0.1) is 0 Å². The summed E-state index contributed by atoms with van der Waals surface area (Å²) in [7, 11) is 16.4. The molecule has 0 saturated carbocycles. The van der Waals surface area contributed by atoms with Crippen LogP contribution in [0.25, 0.3) is 10.8 Å². The first-order valence-electron chi connectivity index (χ1n) is 8.96. The van der Waals surface area contributed by atoms with Gasteiger partial charge in [0.25, 0.3) is 11.8 Å². The van der Waals surface area contributed by atoms with Crippen molar-refractivity contribution in [2.75, 3.05) is 6.61 Å². The Labute approximate surface area is 171 Å². The van der Waals surface area contributed by atoms with Gasteiger partial charge in [0.05, 0.1) is 11.6 Å². The Balaban J connectivity index is 1.93. The summed E-state index contributed by atoms with van der Waals surface area (Å²) in [6.07, 6.45) is 0.381. The van der Waals surface area contributed by atoms with Gasteiger partial charge >= 0.3 is 0 Å². The zero-order chi connectivity index (χ0) is 21.3. The molecule has 29 heavy (non-hydrogen) atoms. The summed E-state index contributed by atoms with van der Waals surface area (Å²) >= 11 is 0. The van der Waals surface area contributed by atoms with E-state index in [1.165, 1.54) is 18.3 Å². The average Bonchev–Trinajstić information content (AvgIpc) is 2.91. The molecule has 1 aliphatic heterocycles. The molecule has 6 radical (unpaired) electrons. The van der Waals surface area contributed by atoms with E-state index in [2.05, 4.69) is 10.3 Å². The van der Waals surface area contributed by atoms with E-state index in [0.717, 1.165) is 0 Å². The molecule has 2 aromatic rings. The van der Waals surface area contributed by atoms with Gasteiger partial charge in [-0.3, -0.25) is 9.59 Å². The number of alkyl halides is 1. The Bertz CT molecular complexity index is 954. The van der Waals surface area contributed by atoms with Gasteiger partial charge in [0.1, 0.15) is 35.9 Å². The van der Waals surface area contributed by atoms with E-state index >= 15 is 0 Å². The zero-order valence-electron chi connectivity index (χ0n) is 15.7. The highest BCUT2D eigenvalue weighted by Gasteiger charge is 2.41. The standard InChI is InChI=1S/C18H17B3FN3O4/c1-2-9-12(25-16(27)14(9)22)7-28-17-10-6-13(29-18(19,20)21)11(15(23)26)5-8(10)3-4-24-17/h3-6,9,12,14H,2,7H2,1H3,(H2,23,26)(H,25,27)/t9-,12+,14-/m0/s1. The van der Waals surface area contributed by atoms with Crippen LogP contribution in [-0.2, 0) is 4.79 Å². The third-order valence-corrected chi connectivity index (χ3v) is 4.72. The molecule has 3 rings (SSSR count). The molecule has 0 spiro atoms. The summed E-state index contributed by atoms with van der Waals surface area (Å²) in [5, 5.41) is 1.59. The lowest BCUT2D eigenvalue weighted by Crippen LogP contribution is -2.38. The number of hydrogen-bond donors (Lipinski definition) is 2. The molecule has 0 bridgehead atoms. The summed E-state index contributed by atoms with van der Waals surface area (Å²) in [4.78, 5) is 27.5. The molecule has 3 N–H and O–H groups in total. The Morgan fingerprint density at radius 3 is 2.72 bits per heavy atom. The highest BCUT2D eigenvalue weighted by Crippen LogP contribution is 2.32. The number of carbonyl (C=O) groups is 2. The number of aromatic nitrogens is 1. The number of carbonyl (C=O) groups excluding carboxylic acids is 2. The molecule has 2 heterocycles. The molecular weight excluding hydrogens is 374 g/mol. The molecule has 11 heteroatoms. The number of benzene rings is 1. The molecule has 144 valence electrons. The van der Waals surface area contributed by atoms with Crippen molar-refractivity contribution in [2.45, 2.75) is 30.9 Å². The van der Waals surface area contributed by atoms with E-state index in [-0.39, 0.29) is 23.8 Å². The first-order chi connectivity index (χ1) is 13.6. The number of fused-ring (bicyclic) bond motifs is 1. The van der Waals surface area contributed by atoms with E-state index in [1.54, 1.807) is 13.0 Å². The highest BCUT2D eigenvalue weighted by atomic mass is 19.1. The third kappa shape index (κ3) is 4.49. The highest BCUT2D eigenvalue weighted by molar-refractivity contribution is 6.58. The minimum Gasteiger partial charge on any atom is -0.515 e. The van der Waals surface area contributed by atoms with Gasteiger partial charge in [-0.1, -0.05) is 6.92 Å². The summed E-state index contributed by atoms with van der Waals surface area (Å²) in [6.45, 7) is 1.81. The van der Waals surface area contributed by atoms with Crippen LogP contribution in [-0.4, -0.2) is 64.5 Å². The average molecular weight is 391 g/mol. The van der Waals surface area contributed by atoms with Crippen molar-refractivity contribution in [1.82, 2.24) is 10.3 Å². The SMILES string of the molecule is [B]C([B])([B])Oc1cc2c(OC[C@H]3NC(=O)[C@@H](F)[C@H]3CC)nccc2cc1C(N)=O. The summed E-state index contributed by atoms with van der Waals surface area (Å²) in [6, 6.07) is 4.05. The number of pyridine rings is 1. The van der Waals surface area contributed by atoms with E-state index in [9.17, 15) is 14.0 Å². The minimum atomic E-state index is -2.04. The predicted octanol–water partition coefficient (Wildman–Crippen LogP) is 0.0708. The fourth-order valence-electron chi connectivity index (χ4n) is 3.35. The van der Waals surface area contributed by atoms with Crippen LogP contribution in [0.5, 0.6) is 11.6 Å². The fourth-order valence-corrected chi connectivity index (χ4v) is 3.35. The Hall–Kier alpha value is -2.71. The van der Waals surface area contributed by atoms with Crippen molar-refractivity contribution in [3.05, 3.63) is 30.0 Å². The fraction of sp³-hybridized carbons (Fsp3) is 0.389. The molecule has 3 atom stereocenters. The monoisotopic (exact) mass is 391 g/mol. The smallest absolute Gasteiger partial charge is 0.255 e. The minimum absolute atomic E-state index is 0.0130. The van der Waals surface area contributed by atoms with Crippen LogP contribution >= 0.6 is 0 Å². The van der Waals surface area contributed by atoms with E-state index < -0.39 is 35.2 Å². The molecule has 2 amide bonds. The molecular formula is C18H17B3FN3O4. The number of halogens is 1. The molecule has 1 aliphatic rings. The number of rotatable bonds is 7. The van der Waals surface area contributed by atoms with Gasteiger partial charge in [-0.05, 0) is 35.3 Å². The number of nitrogens with two attached hydrogens (primary N) is 1. The maximum atomic E-state index is 14.0. The van der Waals surface area contributed by atoms with Crippen molar-refractivity contribution in [1.29, 1.82) is 0 Å². The number of nitrogens with zero attached hydrogens (tertiary/aromatic N) is 1. The lowest BCUT2D eigenvalue weighted by atomic mass is 9.52. The first-order valence-corrected chi connectivity index (χ1v) is 8.96. The van der Waals surface area contributed by atoms with Gasteiger partial charge in [0, 0.05) is 17.5 Å². The normalized spacial score (nSPS) is 21.7. The van der Waals surface area contributed by atoms with Crippen molar-refractivity contribution in [3.63, 3.8) is 0 Å². The van der Waals surface area contributed by atoms with Crippen LogP contribution in [0.1, 0.15) is 23.7 Å². The maximum Gasteiger partial charge on any atom is 0.255 e. The van der Waals surface area contributed by atoms with Crippen LogP contribution in [0.15, 0.2) is 24.4 Å².